The van der Waals surface area contributed by atoms with Crippen molar-refractivity contribution in [3.05, 3.63) is 22.7 Å². The Morgan fingerprint density at radius 2 is 2.16 bits per heavy atom. The smallest absolute Gasteiger partial charge is 0.243 e. The predicted octanol–water partition coefficient (Wildman–Crippen LogP) is 1.38. The Morgan fingerprint density at radius 3 is 2.74 bits per heavy atom. The third-order valence-electron chi connectivity index (χ3n) is 3.25. The molecule has 0 radical (unpaired) electrons. The fourth-order valence-corrected chi connectivity index (χ4v) is 3.95. The van der Waals surface area contributed by atoms with Gasteiger partial charge in [0.15, 0.2) is 0 Å². The Bertz CT molecular complexity index is 566. The number of rotatable bonds is 2. The Hall–Kier alpha value is -0.820. The van der Waals surface area contributed by atoms with Crippen LogP contribution >= 0.6 is 11.6 Å². The molecule has 5 nitrogen and oxygen atoms in total. The number of hydrogen-bond acceptors (Lipinski definition) is 4. The third-order valence-corrected chi connectivity index (χ3v) is 5.61. The Morgan fingerprint density at radius 1 is 1.47 bits per heavy atom. The van der Waals surface area contributed by atoms with Crippen LogP contribution < -0.4 is 5.73 Å². The van der Waals surface area contributed by atoms with Crippen LogP contribution in [0.1, 0.15) is 18.4 Å². The van der Waals surface area contributed by atoms with Crippen LogP contribution in [-0.2, 0) is 10.0 Å². The topological polar surface area (TPSA) is 83.6 Å². The molecule has 1 unspecified atom stereocenters. The number of halogens is 1. The quantitative estimate of drug-likeness (QED) is 0.809. The van der Waals surface area contributed by atoms with Crippen molar-refractivity contribution in [2.45, 2.75) is 30.8 Å². The van der Waals surface area contributed by atoms with E-state index < -0.39 is 16.1 Å². The van der Waals surface area contributed by atoms with Crippen LogP contribution in [0.15, 0.2) is 17.0 Å². The minimum atomic E-state index is -3.62. The number of aliphatic hydroxyl groups excluding tert-OH is 1. The second kappa shape index (κ2) is 5.28. The molecule has 2 rings (SSSR count). The van der Waals surface area contributed by atoms with Crippen molar-refractivity contribution in [1.82, 2.24) is 4.31 Å². The average Bonchev–Trinajstić information content (AvgIpc) is 2.35. The highest BCUT2D eigenvalue weighted by atomic mass is 35.5. The number of hydrogen-bond donors (Lipinski definition) is 2. The highest BCUT2D eigenvalue weighted by Gasteiger charge is 2.30. The molecule has 3 N–H and O–H groups in total. The molecule has 19 heavy (non-hydrogen) atoms. The van der Waals surface area contributed by atoms with E-state index in [1.54, 1.807) is 6.92 Å². The molecule has 1 heterocycles. The van der Waals surface area contributed by atoms with Crippen molar-refractivity contribution < 1.29 is 13.5 Å². The molecule has 0 saturated carbocycles. The zero-order chi connectivity index (χ0) is 14.2. The van der Waals surface area contributed by atoms with E-state index in [2.05, 4.69) is 0 Å². The molecule has 0 aliphatic carbocycles. The Balaban J connectivity index is 2.39. The summed E-state index contributed by atoms with van der Waals surface area (Å²) >= 11 is 5.94. The van der Waals surface area contributed by atoms with Crippen molar-refractivity contribution in [3.8, 4) is 0 Å². The van der Waals surface area contributed by atoms with E-state index in [0.717, 1.165) is 0 Å². The van der Waals surface area contributed by atoms with E-state index in [1.165, 1.54) is 16.4 Å². The maximum Gasteiger partial charge on any atom is 0.243 e. The van der Waals surface area contributed by atoms with E-state index in [0.29, 0.717) is 30.0 Å². The molecule has 1 saturated heterocycles. The van der Waals surface area contributed by atoms with Gasteiger partial charge in [0.1, 0.15) is 0 Å². The minimum absolute atomic E-state index is 0.126. The first-order chi connectivity index (χ1) is 8.82. The summed E-state index contributed by atoms with van der Waals surface area (Å²) in [6.07, 6.45) is 0.685. The molecular formula is C12H17ClN2O3S. The van der Waals surface area contributed by atoms with Gasteiger partial charge in [0.05, 0.1) is 21.7 Å². The van der Waals surface area contributed by atoms with Crippen molar-refractivity contribution in [2.75, 3.05) is 18.8 Å². The number of nitrogen functional groups attached to an aromatic ring is 1. The molecule has 1 aromatic rings. The lowest BCUT2D eigenvalue weighted by Gasteiger charge is -2.29. The maximum atomic E-state index is 12.5. The lowest BCUT2D eigenvalue weighted by atomic mass is 10.1. The molecule has 0 aromatic heterocycles. The van der Waals surface area contributed by atoms with Crippen LogP contribution in [0.4, 0.5) is 5.69 Å². The lowest BCUT2D eigenvalue weighted by Crippen LogP contribution is -2.42. The number of β-amino-alcohol motifs (C(OH)–C–C–N with tert-alkyl or cyclic N) is 1. The van der Waals surface area contributed by atoms with Crippen LogP contribution in [0, 0.1) is 6.92 Å². The zero-order valence-corrected chi connectivity index (χ0v) is 12.2. The van der Waals surface area contributed by atoms with Gasteiger partial charge in [-0.05, 0) is 37.5 Å². The first-order valence-corrected chi connectivity index (χ1v) is 7.88. The van der Waals surface area contributed by atoms with Gasteiger partial charge in [-0.2, -0.15) is 4.31 Å². The van der Waals surface area contributed by atoms with Gasteiger partial charge < -0.3 is 10.8 Å². The molecule has 106 valence electrons. The number of sulfonamides is 1. The molecule has 0 bridgehead atoms. The van der Waals surface area contributed by atoms with Crippen LogP contribution in [0.5, 0.6) is 0 Å². The molecule has 1 atom stereocenters. The molecule has 0 spiro atoms. The number of nitrogens with two attached hydrogens (primary N) is 1. The molecule has 1 aliphatic heterocycles. The average molecular weight is 305 g/mol. The Kier molecular flexibility index (Phi) is 4.06. The first kappa shape index (κ1) is 14.6. The third kappa shape index (κ3) is 2.86. The fraction of sp³-hybridized carbons (Fsp3) is 0.500. The molecule has 7 heteroatoms. The summed E-state index contributed by atoms with van der Waals surface area (Å²) in [5.74, 6) is 0. The molecular weight excluding hydrogens is 288 g/mol. The van der Waals surface area contributed by atoms with E-state index in [9.17, 15) is 13.5 Å². The number of aryl methyl sites for hydroxylation is 1. The highest BCUT2D eigenvalue weighted by molar-refractivity contribution is 7.89. The Labute approximate surface area is 118 Å². The molecule has 0 amide bonds. The summed E-state index contributed by atoms with van der Waals surface area (Å²) in [4.78, 5) is 0.126. The van der Waals surface area contributed by atoms with E-state index in [-0.39, 0.29) is 17.1 Å². The summed E-state index contributed by atoms with van der Waals surface area (Å²) in [7, 11) is -3.62. The monoisotopic (exact) mass is 304 g/mol. The minimum Gasteiger partial charge on any atom is -0.397 e. The standard InChI is InChI=1S/C12H17ClN2O3S/c1-8-5-10(6-11(14)12(8)13)19(17,18)15-4-2-3-9(16)7-15/h5-6,9,16H,2-4,7,14H2,1H3. The predicted molar refractivity (Wildman–Crippen MR) is 74.6 cm³/mol. The normalized spacial score (nSPS) is 21.5. The summed E-state index contributed by atoms with van der Waals surface area (Å²) in [6, 6.07) is 2.88. The van der Waals surface area contributed by atoms with E-state index in [4.69, 9.17) is 17.3 Å². The van der Waals surface area contributed by atoms with Gasteiger partial charge in [-0.25, -0.2) is 8.42 Å². The summed E-state index contributed by atoms with van der Waals surface area (Å²) in [5.41, 5.74) is 6.58. The van der Waals surface area contributed by atoms with Crippen LogP contribution in [0.25, 0.3) is 0 Å². The summed E-state index contributed by atoms with van der Waals surface area (Å²) < 4.78 is 26.2. The summed E-state index contributed by atoms with van der Waals surface area (Å²) in [6.45, 7) is 2.26. The van der Waals surface area contributed by atoms with Gasteiger partial charge in [-0.1, -0.05) is 11.6 Å². The van der Waals surface area contributed by atoms with Crippen LogP contribution in [0.3, 0.4) is 0 Å². The number of nitrogens with zero attached hydrogens (tertiary/aromatic N) is 1. The molecule has 1 aromatic carbocycles. The zero-order valence-electron chi connectivity index (χ0n) is 10.6. The van der Waals surface area contributed by atoms with Gasteiger partial charge in [0, 0.05) is 13.1 Å². The second-order valence-electron chi connectivity index (χ2n) is 4.80. The molecule has 1 fully saturated rings. The molecule has 1 aliphatic rings. The van der Waals surface area contributed by atoms with Gasteiger partial charge in [0.2, 0.25) is 10.0 Å². The second-order valence-corrected chi connectivity index (χ2v) is 7.12. The number of aliphatic hydroxyl groups is 1. The number of anilines is 1. The first-order valence-electron chi connectivity index (χ1n) is 6.06. The van der Waals surface area contributed by atoms with Crippen LogP contribution in [0.2, 0.25) is 5.02 Å². The largest absolute Gasteiger partial charge is 0.397 e. The van der Waals surface area contributed by atoms with Crippen molar-refractivity contribution >= 4 is 27.3 Å². The maximum absolute atomic E-state index is 12.5. The van der Waals surface area contributed by atoms with Gasteiger partial charge in [0.25, 0.3) is 0 Å². The highest BCUT2D eigenvalue weighted by Crippen LogP contribution is 2.29. The number of piperidine rings is 1. The van der Waals surface area contributed by atoms with Crippen LogP contribution in [-0.4, -0.2) is 37.0 Å². The van der Waals surface area contributed by atoms with Crippen molar-refractivity contribution in [3.63, 3.8) is 0 Å². The van der Waals surface area contributed by atoms with Gasteiger partial charge in [-0.15, -0.1) is 0 Å². The van der Waals surface area contributed by atoms with E-state index in [1.807, 2.05) is 0 Å². The van der Waals surface area contributed by atoms with Gasteiger partial charge >= 0.3 is 0 Å². The fourth-order valence-electron chi connectivity index (χ4n) is 2.20. The van der Waals surface area contributed by atoms with Crippen molar-refractivity contribution in [1.29, 1.82) is 0 Å². The number of benzene rings is 1. The van der Waals surface area contributed by atoms with Gasteiger partial charge in [-0.3, -0.25) is 0 Å². The summed E-state index contributed by atoms with van der Waals surface area (Å²) in [5, 5.41) is 9.96. The lowest BCUT2D eigenvalue weighted by molar-refractivity contribution is 0.108. The SMILES string of the molecule is Cc1cc(S(=O)(=O)N2CCCC(O)C2)cc(N)c1Cl. The van der Waals surface area contributed by atoms with Crippen molar-refractivity contribution in [2.24, 2.45) is 0 Å². The van der Waals surface area contributed by atoms with E-state index >= 15 is 0 Å².